The van der Waals surface area contributed by atoms with Crippen molar-refractivity contribution in [3.8, 4) is 11.5 Å². The minimum absolute atomic E-state index is 0.130. The number of halogens is 2. The molecule has 3 heterocycles. The van der Waals surface area contributed by atoms with Crippen LogP contribution in [-0.4, -0.2) is 20.5 Å². The van der Waals surface area contributed by atoms with Gasteiger partial charge in [-0.3, -0.25) is 4.79 Å². The molecule has 4 rings (SSSR count). The molecule has 0 radical (unpaired) electrons. The number of rotatable bonds is 3. The summed E-state index contributed by atoms with van der Waals surface area (Å²) in [6, 6.07) is 8.31. The van der Waals surface area contributed by atoms with Crippen molar-refractivity contribution >= 4 is 17.2 Å². The van der Waals surface area contributed by atoms with Crippen molar-refractivity contribution < 1.29 is 18.0 Å². The number of furan rings is 1. The molecular weight excluding hydrogens is 330 g/mol. The van der Waals surface area contributed by atoms with E-state index >= 15 is 0 Å². The number of amides is 1. The number of aromatic nitrogens is 3. The van der Waals surface area contributed by atoms with Crippen LogP contribution in [0, 0.1) is 11.6 Å². The molecule has 124 valence electrons. The van der Waals surface area contributed by atoms with Crippen LogP contribution in [0.25, 0.3) is 17.1 Å². The Hall–Kier alpha value is -3.55. The molecule has 0 spiro atoms. The molecule has 1 N–H and O–H groups in total. The lowest BCUT2D eigenvalue weighted by atomic mass is 10.2. The molecule has 0 bridgehead atoms. The van der Waals surface area contributed by atoms with Crippen molar-refractivity contribution in [1.82, 2.24) is 14.6 Å². The fourth-order valence-corrected chi connectivity index (χ4v) is 2.43. The van der Waals surface area contributed by atoms with Gasteiger partial charge in [0, 0.05) is 18.0 Å². The molecule has 8 heteroatoms. The van der Waals surface area contributed by atoms with Crippen LogP contribution in [0.15, 0.2) is 59.5 Å². The maximum absolute atomic E-state index is 13.3. The monoisotopic (exact) mass is 340 g/mol. The molecule has 0 fully saturated rings. The molecule has 1 amide bonds. The fourth-order valence-electron chi connectivity index (χ4n) is 2.43. The maximum Gasteiger partial charge on any atom is 0.261 e. The van der Waals surface area contributed by atoms with Crippen molar-refractivity contribution in [1.29, 1.82) is 0 Å². The Bertz CT molecular complexity index is 1070. The van der Waals surface area contributed by atoms with E-state index in [2.05, 4.69) is 15.4 Å². The summed E-state index contributed by atoms with van der Waals surface area (Å²) in [4.78, 5) is 16.6. The van der Waals surface area contributed by atoms with E-state index in [-0.39, 0.29) is 11.3 Å². The summed E-state index contributed by atoms with van der Waals surface area (Å²) in [6.07, 6.45) is 4.41. The van der Waals surface area contributed by atoms with Crippen LogP contribution in [0.1, 0.15) is 10.4 Å². The van der Waals surface area contributed by atoms with Crippen molar-refractivity contribution in [2.24, 2.45) is 0 Å². The normalized spacial score (nSPS) is 11.0. The summed E-state index contributed by atoms with van der Waals surface area (Å²) in [6.45, 7) is 0. The Morgan fingerprint density at radius 2 is 2.04 bits per heavy atom. The molecule has 0 aliphatic rings. The predicted molar refractivity (Wildman–Crippen MR) is 85.0 cm³/mol. The summed E-state index contributed by atoms with van der Waals surface area (Å²) in [5.41, 5.74) is 1.26. The summed E-state index contributed by atoms with van der Waals surface area (Å²) < 4.78 is 33.1. The number of anilines is 1. The second-order valence-corrected chi connectivity index (χ2v) is 5.18. The van der Waals surface area contributed by atoms with E-state index < -0.39 is 17.5 Å². The average Bonchev–Trinajstić information content (AvgIpc) is 3.27. The van der Waals surface area contributed by atoms with Crippen LogP contribution < -0.4 is 5.32 Å². The zero-order valence-corrected chi connectivity index (χ0v) is 12.6. The Morgan fingerprint density at radius 3 is 2.80 bits per heavy atom. The van der Waals surface area contributed by atoms with Crippen LogP contribution in [-0.2, 0) is 0 Å². The van der Waals surface area contributed by atoms with Gasteiger partial charge >= 0.3 is 0 Å². The molecular formula is C17H10F2N4O2. The first-order valence-corrected chi connectivity index (χ1v) is 7.26. The molecule has 0 atom stereocenters. The molecule has 0 saturated carbocycles. The number of benzene rings is 1. The Morgan fingerprint density at radius 1 is 1.16 bits per heavy atom. The Labute approximate surface area is 139 Å². The molecule has 1 aromatic carbocycles. The van der Waals surface area contributed by atoms with Gasteiger partial charge in [0.25, 0.3) is 5.91 Å². The Balaban J connectivity index is 1.71. The van der Waals surface area contributed by atoms with E-state index in [9.17, 15) is 13.6 Å². The second-order valence-electron chi connectivity index (χ2n) is 5.18. The average molecular weight is 340 g/mol. The van der Waals surface area contributed by atoms with Crippen molar-refractivity contribution in [3.05, 3.63) is 72.3 Å². The number of fused-ring (bicyclic) bond motifs is 1. The lowest BCUT2D eigenvalue weighted by Crippen LogP contribution is -2.12. The molecule has 0 saturated heterocycles. The molecule has 25 heavy (non-hydrogen) atoms. The fraction of sp³-hybridized carbons (Fsp3) is 0. The highest BCUT2D eigenvalue weighted by Gasteiger charge is 2.17. The van der Waals surface area contributed by atoms with Gasteiger partial charge in [-0.2, -0.15) is 5.10 Å². The number of hydrogen-bond donors (Lipinski definition) is 1. The number of nitrogens with zero attached hydrogens (tertiary/aromatic N) is 3. The smallest absolute Gasteiger partial charge is 0.261 e. The molecule has 6 nitrogen and oxygen atoms in total. The largest absolute Gasteiger partial charge is 0.463 e. The van der Waals surface area contributed by atoms with Gasteiger partial charge in [0.2, 0.25) is 0 Å². The lowest BCUT2D eigenvalue weighted by molar-refractivity contribution is 0.102. The van der Waals surface area contributed by atoms with Gasteiger partial charge in [0.1, 0.15) is 11.3 Å². The van der Waals surface area contributed by atoms with Crippen LogP contribution in [0.5, 0.6) is 0 Å². The first kappa shape index (κ1) is 15.0. The second kappa shape index (κ2) is 5.82. The highest BCUT2D eigenvalue weighted by atomic mass is 19.2. The van der Waals surface area contributed by atoms with Crippen molar-refractivity contribution in [2.75, 3.05) is 5.32 Å². The topological polar surface area (TPSA) is 72.4 Å². The third kappa shape index (κ3) is 2.63. The number of hydrogen-bond acceptors (Lipinski definition) is 4. The van der Waals surface area contributed by atoms with Gasteiger partial charge in [-0.1, -0.05) is 0 Å². The van der Waals surface area contributed by atoms with Gasteiger partial charge in [0.05, 0.1) is 12.5 Å². The third-order valence-electron chi connectivity index (χ3n) is 3.60. The summed E-state index contributed by atoms with van der Waals surface area (Å²) in [5, 5.41) is 6.66. The third-order valence-corrected chi connectivity index (χ3v) is 3.60. The van der Waals surface area contributed by atoms with Crippen LogP contribution in [0.4, 0.5) is 14.5 Å². The van der Waals surface area contributed by atoms with E-state index in [1.165, 1.54) is 29.2 Å². The van der Waals surface area contributed by atoms with Gasteiger partial charge in [-0.15, -0.1) is 0 Å². The lowest BCUT2D eigenvalue weighted by Gasteiger charge is -2.05. The minimum Gasteiger partial charge on any atom is -0.463 e. The van der Waals surface area contributed by atoms with E-state index in [0.717, 1.165) is 12.1 Å². The SMILES string of the molecule is O=C(Nc1ccc(F)c(F)c1)c1cnn2c(-c3ccco3)ccnc12. The van der Waals surface area contributed by atoms with Gasteiger partial charge in [0.15, 0.2) is 23.0 Å². The molecule has 0 aliphatic carbocycles. The summed E-state index contributed by atoms with van der Waals surface area (Å²) in [7, 11) is 0. The summed E-state index contributed by atoms with van der Waals surface area (Å²) >= 11 is 0. The molecule has 0 aliphatic heterocycles. The van der Waals surface area contributed by atoms with E-state index in [1.807, 2.05) is 0 Å². The molecule has 3 aromatic heterocycles. The maximum atomic E-state index is 13.3. The number of nitrogens with one attached hydrogen (secondary N) is 1. The predicted octanol–water partition coefficient (Wildman–Crippen LogP) is 3.52. The van der Waals surface area contributed by atoms with Gasteiger partial charge < -0.3 is 9.73 Å². The highest BCUT2D eigenvalue weighted by Crippen LogP contribution is 2.22. The standard InChI is InChI=1S/C17H10F2N4O2/c18-12-4-3-10(8-13(12)19)22-17(24)11-9-21-23-14(5-6-20-16(11)23)15-2-1-7-25-15/h1-9H,(H,22,24). The van der Waals surface area contributed by atoms with Gasteiger partial charge in [-0.05, 0) is 30.3 Å². The van der Waals surface area contributed by atoms with E-state index in [0.29, 0.717) is 17.1 Å². The molecule has 0 unspecified atom stereocenters. The zero-order valence-electron chi connectivity index (χ0n) is 12.6. The van der Waals surface area contributed by atoms with Crippen LogP contribution in [0.3, 0.4) is 0 Å². The first-order valence-electron chi connectivity index (χ1n) is 7.26. The van der Waals surface area contributed by atoms with E-state index in [1.54, 1.807) is 18.2 Å². The number of carbonyl (C=O) groups excluding carboxylic acids is 1. The van der Waals surface area contributed by atoms with E-state index in [4.69, 9.17) is 4.42 Å². The van der Waals surface area contributed by atoms with Crippen LogP contribution >= 0.6 is 0 Å². The van der Waals surface area contributed by atoms with Crippen molar-refractivity contribution in [2.45, 2.75) is 0 Å². The highest BCUT2D eigenvalue weighted by molar-refractivity contribution is 6.08. The van der Waals surface area contributed by atoms with Gasteiger partial charge in [-0.25, -0.2) is 18.3 Å². The number of carbonyl (C=O) groups is 1. The first-order chi connectivity index (χ1) is 12.1. The minimum atomic E-state index is -1.05. The Kier molecular flexibility index (Phi) is 3.50. The molecule has 4 aromatic rings. The zero-order chi connectivity index (χ0) is 17.4. The van der Waals surface area contributed by atoms with Crippen LogP contribution in [0.2, 0.25) is 0 Å². The van der Waals surface area contributed by atoms with Crippen molar-refractivity contribution in [3.63, 3.8) is 0 Å². The summed E-state index contributed by atoms with van der Waals surface area (Å²) in [5.74, 6) is -2.00. The quantitative estimate of drug-likeness (QED) is 0.619.